The first-order chi connectivity index (χ1) is 10.7. The average Bonchev–Trinajstić information content (AvgIpc) is 3.19. The molecule has 1 amide bonds. The summed E-state index contributed by atoms with van der Waals surface area (Å²) in [6.45, 7) is 5.83. The number of hydrogen-bond acceptors (Lipinski definition) is 3. The highest BCUT2D eigenvalue weighted by atomic mass is 16.3. The van der Waals surface area contributed by atoms with Crippen LogP contribution in [0.5, 0.6) is 0 Å². The molecule has 22 heavy (non-hydrogen) atoms. The summed E-state index contributed by atoms with van der Waals surface area (Å²) >= 11 is 0. The van der Waals surface area contributed by atoms with Gasteiger partial charge in [-0.2, -0.15) is 0 Å². The molecule has 1 aliphatic rings. The van der Waals surface area contributed by atoms with Crippen LogP contribution in [-0.2, 0) is 11.2 Å². The number of nitrogens with zero attached hydrogens (tertiary/aromatic N) is 3. The number of carbonyl (C=O) groups is 1. The maximum atomic E-state index is 12.1. The van der Waals surface area contributed by atoms with Gasteiger partial charge in [-0.3, -0.25) is 4.79 Å². The molecule has 0 aliphatic carbocycles. The van der Waals surface area contributed by atoms with E-state index in [0.717, 1.165) is 49.7 Å². The maximum absolute atomic E-state index is 12.1. The van der Waals surface area contributed by atoms with Crippen LogP contribution in [-0.4, -0.2) is 33.4 Å². The fourth-order valence-corrected chi connectivity index (χ4v) is 3.10. The fraction of sp³-hybridized carbons (Fsp3) is 0.529. The minimum Gasteiger partial charge on any atom is -0.458 e. The van der Waals surface area contributed by atoms with Crippen LogP contribution in [0.15, 0.2) is 28.9 Å². The molecule has 0 saturated carbocycles. The van der Waals surface area contributed by atoms with Crippen molar-refractivity contribution in [3.63, 3.8) is 0 Å². The number of imidazole rings is 1. The lowest BCUT2D eigenvalue weighted by molar-refractivity contribution is -0.127. The Hall–Kier alpha value is -2.04. The third-order valence-corrected chi connectivity index (χ3v) is 4.13. The summed E-state index contributed by atoms with van der Waals surface area (Å²) in [6, 6.07) is 4.14. The van der Waals surface area contributed by atoms with Crippen LogP contribution in [0.1, 0.15) is 44.9 Å². The molecule has 2 aromatic rings. The van der Waals surface area contributed by atoms with Crippen molar-refractivity contribution in [1.82, 2.24) is 14.5 Å². The van der Waals surface area contributed by atoms with E-state index in [2.05, 4.69) is 23.4 Å². The van der Waals surface area contributed by atoms with Crippen LogP contribution in [0.2, 0.25) is 0 Å². The van der Waals surface area contributed by atoms with E-state index in [1.165, 1.54) is 0 Å². The van der Waals surface area contributed by atoms with Crippen LogP contribution in [0, 0.1) is 0 Å². The summed E-state index contributed by atoms with van der Waals surface area (Å²) < 4.78 is 7.97. The Morgan fingerprint density at radius 2 is 2.18 bits per heavy atom. The molecule has 0 spiro atoms. The molecular formula is C17H23N3O2. The van der Waals surface area contributed by atoms with E-state index in [0.29, 0.717) is 6.42 Å². The van der Waals surface area contributed by atoms with Gasteiger partial charge in [0, 0.05) is 38.3 Å². The maximum Gasteiger partial charge on any atom is 0.224 e. The van der Waals surface area contributed by atoms with E-state index in [4.69, 9.17) is 4.42 Å². The summed E-state index contributed by atoms with van der Waals surface area (Å²) in [7, 11) is 0. The number of hydrogen-bond donors (Lipinski definition) is 0. The first-order valence-corrected chi connectivity index (χ1v) is 8.12. The lowest BCUT2D eigenvalue weighted by Crippen LogP contribution is -2.26. The van der Waals surface area contributed by atoms with Crippen molar-refractivity contribution in [1.29, 1.82) is 0 Å². The Labute approximate surface area is 130 Å². The Morgan fingerprint density at radius 1 is 1.32 bits per heavy atom. The molecule has 1 atom stereocenters. The van der Waals surface area contributed by atoms with Gasteiger partial charge in [0.1, 0.15) is 5.76 Å². The van der Waals surface area contributed by atoms with Gasteiger partial charge in [0.25, 0.3) is 0 Å². The Morgan fingerprint density at radius 3 is 2.95 bits per heavy atom. The number of likely N-dealkylation sites (tertiary alicyclic amines) is 1. The minimum atomic E-state index is 0.149. The monoisotopic (exact) mass is 301 g/mol. The molecule has 1 saturated heterocycles. The largest absolute Gasteiger partial charge is 0.458 e. The summed E-state index contributed by atoms with van der Waals surface area (Å²) in [5.74, 6) is 2.83. The van der Waals surface area contributed by atoms with Gasteiger partial charge in [0.05, 0.1) is 6.04 Å². The molecular weight excluding hydrogens is 278 g/mol. The zero-order chi connectivity index (χ0) is 15.5. The molecule has 1 fully saturated rings. The van der Waals surface area contributed by atoms with Crippen molar-refractivity contribution >= 4 is 5.91 Å². The number of amides is 1. The normalized spacial score (nSPS) is 18.4. The zero-order valence-corrected chi connectivity index (χ0v) is 13.3. The molecule has 0 aromatic carbocycles. The van der Waals surface area contributed by atoms with E-state index in [-0.39, 0.29) is 11.9 Å². The number of furan rings is 1. The summed E-state index contributed by atoms with van der Waals surface area (Å²) in [6.07, 6.45) is 7.27. The second-order valence-electron chi connectivity index (χ2n) is 5.87. The standard InChI is InChI=1S/C17H23N3O2/c1-3-5-14-6-7-15(22-14)17-18-8-10-20(17)13-11-16(21)19(12-13)9-4-2/h6-8,10,13H,3-5,9,11-12H2,1-2H3. The van der Waals surface area contributed by atoms with Crippen LogP contribution < -0.4 is 0 Å². The predicted octanol–water partition coefficient (Wildman–Crippen LogP) is 3.28. The first kappa shape index (κ1) is 14.9. The van der Waals surface area contributed by atoms with Crippen LogP contribution in [0.25, 0.3) is 11.6 Å². The SMILES string of the molecule is CCCc1ccc(-c2nccn2C2CC(=O)N(CCC)C2)o1. The van der Waals surface area contributed by atoms with Crippen molar-refractivity contribution in [3.8, 4) is 11.6 Å². The van der Waals surface area contributed by atoms with Gasteiger partial charge in [-0.1, -0.05) is 13.8 Å². The van der Waals surface area contributed by atoms with Crippen molar-refractivity contribution in [3.05, 3.63) is 30.3 Å². The van der Waals surface area contributed by atoms with Crippen molar-refractivity contribution in [2.45, 2.75) is 45.6 Å². The highest BCUT2D eigenvalue weighted by molar-refractivity contribution is 5.79. The Bertz CT molecular complexity index is 644. The van der Waals surface area contributed by atoms with Crippen LogP contribution >= 0.6 is 0 Å². The van der Waals surface area contributed by atoms with Gasteiger partial charge >= 0.3 is 0 Å². The molecule has 5 nitrogen and oxygen atoms in total. The van der Waals surface area contributed by atoms with Crippen molar-refractivity contribution < 1.29 is 9.21 Å². The average molecular weight is 301 g/mol. The van der Waals surface area contributed by atoms with Crippen molar-refractivity contribution in [2.24, 2.45) is 0 Å². The molecule has 1 unspecified atom stereocenters. The van der Waals surface area contributed by atoms with Gasteiger partial charge in [-0.05, 0) is 25.0 Å². The number of carbonyl (C=O) groups excluding carboxylic acids is 1. The van der Waals surface area contributed by atoms with Gasteiger partial charge < -0.3 is 13.9 Å². The molecule has 0 bridgehead atoms. The molecule has 3 heterocycles. The second kappa shape index (κ2) is 6.38. The first-order valence-electron chi connectivity index (χ1n) is 8.12. The van der Waals surface area contributed by atoms with Crippen LogP contribution in [0.3, 0.4) is 0 Å². The summed E-state index contributed by atoms with van der Waals surface area (Å²) in [5.41, 5.74) is 0. The molecule has 0 radical (unpaired) electrons. The van der Waals surface area contributed by atoms with Gasteiger partial charge in [-0.25, -0.2) is 4.98 Å². The lowest BCUT2D eigenvalue weighted by atomic mass is 10.2. The fourth-order valence-electron chi connectivity index (χ4n) is 3.10. The number of rotatable bonds is 6. The van der Waals surface area contributed by atoms with E-state index < -0.39 is 0 Å². The summed E-state index contributed by atoms with van der Waals surface area (Å²) in [5, 5.41) is 0. The molecule has 5 heteroatoms. The molecule has 0 N–H and O–H groups in total. The topological polar surface area (TPSA) is 51.3 Å². The smallest absolute Gasteiger partial charge is 0.224 e. The Kier molecular flexibility index (Phi) is 4.32. The highest BCUT2D eigenvalue weighted by Gasteiger charge is 2.31. The third kappa shape index (κ3) is 2.80. The Balaban J connectivity index is 1.81. The van der Waals surface area contributed by atoms with Crippen molar-refractivity contribution in [2.75, 3.05) is 13.1 Å². The van der Waals surface area contributed by atoms with Gasteiger partial charge in [-0.15, -0.1) is 0 Å². The number of aryl methyl sites for hydroxylation is 1. The minimum absolute atomic E-state index is 0.149. The van der Waals surface area contributed by atoms with Gasteiger partial charge in [0.15, 0.2) is 11.6 Å². The second-order valence-corrected chi connectivity index (χ2v) is 5.87. The predicted molar refractivity (Wildman–Crippen MR) is 84.4 cm³/mol. The molecule has 118 valence electrons. The zero-order valence-electron chi connectivity index (χ0n) is 13.3. The molecule has 3 rings (SSSR count). The third-order valence-electron chi connectivity index (χ3n) is 4.13. The molecule has 1 aliphatic heterocycles. The summed E-state index contributed by atoms with van der Waals surface area (Å²) in [4.78, 5) is 18.5. The van der Waals surface area contributed by atoms with Crippen LogP contribution in [0.4, 0.5) is 0 Å². The highest BCUT2D eigenvalue weighted by Crippen LogP contribution is 2.29. The quantitative estimate of drug-likeness (QED) is 0.822. The number of aromatic nitrogens is 2. The van der Waals surface area contributed by atoms with Gasteiger partial charge in [0.2, 0.25) is 5.91 Å². The van der Waals surface area contributed by atoms with E-state index in [9.17, 15) is 4.79 Å². The van der Waals surface area contributed by atoms with E-state index in [1.54, 1.807) is 6.20 Å². The van der Waals surface area contributed by atoms with E-state index >= 15 is 0 Å². The molecule has 2 aromatic heterocycles. The van der Waals surface area contributed by atoms with E-state index in [1.807, 2.05) is 23.2 Å². The lowest BCUT2D eigenvalue weighted by Gasteiger charge is -2.17.